The molecule has 1 atom stereocenters. The largest absolute Gasteiger partial charge is 0.394 e. The van der Waals surface area contributed by atoms with Crippen LogP contribution in [0, 0.1) is 42.6 Å². The van der Waals surface area contributed by atoms with E-state index in [-0.39, 0.29) is 14.5 Å². The highest BCUT2D eigenvalue weighted by atomic mass is 32.2. The first-order chi connectivity index (χ1) is 19.4. The van der Waals surface area contributed by atoms with E-state index in [0.717, 1.165) is 17.9 Å². The van der Waals surface area contributed by atoms with Crippen molar-refractivity contribution in [2.45, 2.75) is 37.7 Å². The molecule has 1 radical (unpaired) electrons. The fourth-order valence-electron chi connectivity index (χ4n) is 2.74. The highest BCUT2D eigenvalue weighted by Crippen LogP contribution is 2.17. The van der Waals surface area contributed by atoms with Crippen LogP contribution in [0.3, 0.4) is 0 Å². The summed E-state index contributed by atoms with van der Waals surface area (Å²) >= 11 is 1.61. The molecule has 0 amide bonds. The molecule has 2 aromatic rings. The number of Topliss-reactive ketones (excluding diaryl/α,β-unsaturated/α-hetero) is 1. The number of carbonyl (C=O) groups is 1. The van der Waals surface area contributed by atoms with Crippen LogP contribution < -0.4 is 5.73 Å². The van der Waals surface area contributed by atoms with E-state index in [1.54, 1.807) is 37.7 Å². The molecule has 0 spiro atoms. The monoisotopic (exact) mass is 595 g/mol. The fraction of sp³-hybridized carbons (Fsp3) is 0.375. The molecule has 9 heteroatoms. The van der Waals surface area contributed by atoms with Crippen molar-refractivity contribution in [3.8, 4) is 11.8 Å². The lowest BCUT2D eigenvalue weighted by atomic mass is 10.0. The Hall–Kier alpha value is -3.03. The first-order valence-corrected chi connectivity index (χ1v) is 14.1. The van der Waals surface area contributed by atoms with Crippen molar-refractivity contribution in [3.63, 3.8) is 0 Å². The molecule has 2 N–H and O–H groups in total. The van der Waals surface area contributed by atoms with E-state index in [1.165, 1.54) is 31.2 Å². The number of nitrogens with two attached hydrogens (primary N) is 1. The number of aryl methyl sites for hydroxylation is 1. The summed E-state index contributed by atoms with van der Waals surface area (Å²) in [5.74, 6) is 4.09. The number of ether oxygens (including phenoxy) is 2. The average Bonchev–Trinajstić information content (AvgIpc) is 2.95. The van der Waals surface area contributed by atoms with Gasteiger partial charge in [0.25, 0.3) is 0 Å². The zero-order valence-corrected chi connectivity index (χ0v) is 25.6. The standard InChI is InChI=1S/C7H7F2N.C7H7FS.C7H12O3.C6H5.C5H11N.2H2/c1-4-2-5(8)7(10)6(9)3-4;1-9-7-4-2-6(8)3-5-7;1-6(8)7(2)5-9-3-4-10-7;1-2-4-6-5-3-1;1-4-5-6(2)3;;/h2-3H,10H2,1H3;2-5H,1H3;3-5H2,1-2H3;1-2,5H,3H2;4H,1,5H2,2-3H3;2*1H. The number of anilines is 1. The Bertz CT molecular complexity index is 1130. The number of nitrogen functional groups attached to an aromatic ring is 1. The minimum absolute atomic E-state index is 0. The number of rotatable bonds is 4. The molecule has 5 nitrogen and oxygen atoms in total. The van der Waals surface area contributed by atoms with Gasteiger partial charge in [-0.3, -0.25) is 4.79 Å². The van der Waals surface area contributed by atoms with Crippen LogP contribution in [0.15, 0.2) is 66.1 Å². The summed E-state index contributed by atoms with van der Waals surface area (Å²) in [5, 5.41) is 0. The number of ketones is 1. The van der Waals surface area contributed by atoms with Crippen molar-refractivity contribution < 1.29 is 30.3 Å². The Morgan fingerprint density at radius 1 is 1.17 bits per heavy atom. The van der Waals surface area contributed by atoms with Gasteiger partial charge in [0.05, 0.1) is 19.8 Å². The van der Waals surface area contributed by atoms with Crippen molar-refractivity contribution in [2.75, 3.05) is 52.5 Å². The molecule has 2 aliphatic rings. The van der Waals surface area contributed by atoms with Gasteiger partial charge in [0.1, 0.15) is 28.7 Å². The molecule has 1 aliphatic heterocycles. The van der Waals surface area contributed by atoms with Gasteiger partial charge < -0.3 is 20.1 Å². The lowest BCUT2D eigenvalue weighted by molar-refractivity contribution is -0.169. The van der Waals surface area contributed by atoms with Crippen LogP contribution in [0.25, 0.3) is 0 Å². The van der Waals surface area contributed by atoms with E-state index < -0.39 is 22.9 Å². The second kappa shape index (κ2) is 21.7. The second-order valence-electron chi connectivity index (χ2n) is 9.17. The molecule has 0 aromatic heterocycles. The van der Waals surface area contributed by atoms with Crippen molar-refractivity contribution in [3.05, 3.63) is 90.6 Å². The number of nitrogens with zero attached hydrogens (tertiary/aromatic N) is 1. The lowest BCUT2D eigenvalue weighted by Crippen LogP contribution is -2.46. The minimum Gasteiger partial charge on any atom is -0.394 e. The molecule has 0 bridgehead atoms. The molecule has 1 aliphatic carbocycles. The Balaban J connectivity index is -0.000000467. The smallest absolute Gasteiger partial charge is 0.163 e. The quantitative estimate of drug-likeness (QED) is 0.175. The van der Waals surface area contributed by atoms with Crippen LogP contribution >= 0.6 is 11.8 Å². The number of halogens is 3. The first-order valence-electron chi connectivity index (χ1n) is 12.8. The molecule has 1 heterocycles. The number of thioether (sulfide) groups is 1. The van der Waals surface area contributed by atoms with E-state index in [9.17, 15) is 18.0 Å². The minimum atomic E-state index is -0.697. The van der Waals surface area contributed by atoms with E-state index in [0.29, 0.717) is 25.4 Å². The van der Waals surface area contributed by atoms with Gasteiger partial charge in [-0.05, 0) is 95.6 Å². The SMILES string of the molecule is C1#CC=CC[CH]1.C=CCN(C)C.CC(=O)C1(C)COCCO1.CSc1ccc(F)cc1.Cc1cc(F)c(N)c(F)c1.[HH].[HH]. The summed E-state index contributed by atoms with van der Waals surface area (Å²) in [6.07, 6.45) is 10.7. The zero-order chi connectivity index (χ0) is 31.3. The third-order valence-corrected chi connectivity index (χ3v) is 5.92. The average molecular weight is 596 g/mol. The number of allylic oxidation sites excluding steroid dienone is 2. The predicted octanol–water partition coefficient (Wildman–Crippen LogP) is 7.16. The summed E-state index contributed by atoms with van der Waals surface area (Å²) in [6, 6.07) is 8.84. The van der Waals surface area contributed by atoms with Crippen LogP contribution in [0.2, 0.25) is 0 Å². The number of likely N-dealkylation sites (N-methyl/N-ethyl adjacent to an activating group) is 1. The van der Waals surface area contributed by atoms with Gasteiger partial charge in [-0.1, -0.05) is 24.0 Å². The summed E-state index contributed by atoms with van der Waals surface area (Å²) in [5.41, 5.74) is 4.44. The fourth-order valence-corrected chi connectivity index (χ4v) is 3.15. The van der Waals surface area contributed by atoms with Gasteiger partial charge in [0.2, 0.25) is 0 Å². The predicted molar refractivity (Wildman–Crippen MR) is 168 cm³/mol. The summed E-state index contributed by atoms with van der Waals surface area (Å²) < 4.78 is 47.5. The van der Waals surface area contributed by atoms with Gasteiger partial charge in [0, 0.05) is 20.7 Å². The van der Waals surface area contributed by atoms with Gasteiger partial charge in [0.15, 0.2) is 5.78 Å². The summed E-state index contributed by atoms with van der Waals surface area (Å²) in [6.45, 7) is 10.9. The van der Waals surface area contributed by atoms with E-state index in [2.05, 4.69) is 23.3 Å². The normalized spacial score (nSPS) is 16.4. The van der Waals surface area contributed by atoms with Gasteiger partial charge in [-0.15, -0.1) is 18.3 Å². The second-order valence-corrected chi connectivity index (χ2v) is 10.0. The number of hydrogen-bond donors (Lipinski definition) is 1. The van der Waals surface area contributed by atoms with Crippen LogP contribution in [0.4, 0.5) is 18.9 Å². The highest BCUT2D eigenvalue weighted by Gasteiger charge is 2.33. The Morgan fingerprint density at radius 3 is 2.07 bits per heavy atom. The maximum atomic E-state index is 12.5. The molecular weight excluding hydrogens is 549 g/mol. The molecule has 41 heavy (non-hydrogen) atoms. The van der Waals surface area contributed by atoms with E-state index >= 15 is 0 Å². The zero-order valence-electron chi connectivity index (χ0n) is 24.8. The van der Waals surface area contributed by atoms with E-state index in [1.807, 2.05) is 45.0 Å². The van der Waals surface area contributed by atoms with Crippen LogP contribution in [-0.2, 0) is 14.3 Å². The maximum absolute atomic E-state index is 12.5. The Morgan fingerprint density at radius 2 is 1.78 bits per heavy atom. The molecule has 229 valence electrons. The van der Waals surface area contributed by atoms with E-state index in [4.69, 9.17) is 15.2 Å². The Kier molecular flexibility index (Phi) is 20.1. The maximum Gasteiger partial charge on any atom is 0.163 e. The highest BCUT2D eigenvalue weighted by molar-refractivity contribution is 7.98. The van der Waals surface area contributed by atoms with Crippen molar-refractivity contribution in [2.24, 2.45) is 0 Å². The van der Waals surface area contributed by atoms with Crippen molar-refractivity contribution in [1.29, 1.82) is 0 Å². The van der Waals surface area contributed by atoms with Crippen LogP contribution in [0.1, 0.15) is 28.7 Å². The molecule has 1 fully saturated rings. The topological polar surface area (TPSA) is 64.8 Å². The van der Waals surface area contributed by atoms with Gasteiger partial charge in [-0.25, -0.2) is 13.2 Å². The van der Waals surface area contributed by atoms with Gasteiger partial charge in [-0.2, -0.15) is 0 Å². The Labute approximate surface area is 250 Å². The van der Waals surface area contributed by atoms with Crippen LogP contribution in [-0.4, -0.2) is 63.0 Å². The third kappa shape index (κ3) is 18.1. The van der Waals surface area contributed by atoms with Gasteiger partial charge >= 0.3 is 0 Å². The molecule has 4 rings (SSSR count). The van der Waals surface area contributed by atoms with Crippen LogP contribution in [0.5, 0.6) is 0 Å². The molecule has 0 saturated carbocycles. The van der Waals surface area contributed by atoms with Crippen molar-refractivity contribution >= 4 is 23.2 Å². The summed E-state index contributed by atoms with van der Waals surface area (Å²) in [4.78, 5) is 14.1. The molecule has 1 unspecified atom stereocenters. The molecule has 1 saturated heterocycles. The molecule has 2 aromatic carbocycles. The van der Waals surface area contributed by atoms with Crippen molar-refractivity contribution in [1.82, 2.24) is 4.90 Å². The molecular formula is C32H46F3N2O3S. The summed E-state index contributed by atoms with van der Waals surface area (Å²) in [7, 11) is 4.03. The number of benzene rings is 2. The number of carbonyl (C=O) groups excluding carboxylic acids is 1. The first kappa shape index (κ1) is 38.0. The lowest BCUT2D eigenvalue weighted by Gasteiger charge is -2.30. The number of hydrogen-bond acceptors (Lipinski definition) is 6. The third-order valence-electron chi connectivity index (χ3n) is 5.18.